The van der Waals surface area contributed by atoms with Crippen LogP contribution < -0.4 is 5.32 Å². The van der Waals surface area contributed by atoms with Gasteiger partial charge in [0.25, 0.3) is 0 Å². The molecule has 0 saturated heterocycles. The fourth-order valence-corrected chi connectivity index (χ4v) is 2.44. The summed E-state index contributed by atoms with van der Waals surface area (Å²) in [7, 11) is 0. The van der Waals surface area contributed by atoms with Crippen molar-refractivity contribution in [3.63, 3.8) is 0 Å². The highest BCUT2D eigenvalue weighted by Crippen LogP contribution is 2.29. The van der Waals surface area contributed by atoms with E-state index in [9.17, 15) is 5.11 Å². The Labute approximate surface area is 88.1 Å². The van der Waals surface area contributed by atoms with E-state index in [1.165, 1.54) is 38.5 Å². The van der Waals surface area contributed by atoms with Crippen LogP contribution in [-0.2, 0) is 0 Å². The molecule has 1 aliphatic carbocycles. The highest BCUT2D eigenvalue weighted by atomic mass is 16.3. The number of unbranched alkanes of at least 4 members (excludes halogenated alkanes) is 1. The predicted octanol–water partition coefficient (Wildman–Crippen LogP) is 2.32. The van der Waals surface area contributed by atoms with E-state index in [4.69, 9.17) is 0 Å². The number of rotatable bonds is 6. The van der Waals surface area contributed by atoms with Gasteiger partial charge in [-0.1, -0.05) is 26.2 Å². The summed E-state index contributed by atoms with van der Waals surface area (Å²) < 4.78 is 0. The Hall–Kier alpha value is -0.0800. The maximum absolute atomic E-state index is 9.21. The fraction of sp³-hybridized carbons (Fsp3) is 1.00. The molecule has 0 bridgehead atoms. The lowest BCUT2D eigenvalue weighted by atomic mass is 9.97. The van der Waals surface area contributed by atoms with Gasteiger partial charge in [-0.15, -0.1) is 0 Å². The van der Waals surface area contributed by atoms with Crippen molar-refractivity contribution in [1.82, 2.24) is 5.32 Å². The summed E-state index contributed by atoms with van der Waals surface area (Å²) in [4.78, 5) is 0. The molecule has 2 N–H and O–H groups in total. The van der Waals surface area contributed by atoms with Crippen LogP contribution in [0.4, 0.5) is 0 Å². The third-order valence-corrected chi connectivity index (χ3v) is 3.26. The van der Waals surface area contributed by atoms with Gasteiger partial charge in [0, 0.05) is 12.6 Å². The van der Waals surface area contributed by atoms with Crippen molar-refractivity contribution in [2.45, 2.75) is 64.5 Å². The van der Waals surface area contributed by atoms with Crippen LogP contribution >= 0.6 is 0 Å². The molecule has 0 heterocycles. The number of hydrogen-bond donors (Lipinski definition) is 2. The molecule has 3 atom stereocenters. The topological polar surface area (TPSA) is 32.3 Å². The molecule has 84 valence electrons. The zero-order valence-corrected chi connectivity index (χ0v) is 9.63. The molecule has 0 amide bonds. The maximum Gasteiger partial charge on any atom is 0.0636 e. The van der Waals surface area contributed by atoms with E-state index in [2.05, 4.69) is 12.2 Å². The maximum atomic E-state index is 9.21. The van der Waals surface area contributed by atoms with Gasteiger partial charge in [-0.25, -0.2) is 0 Å². The summed E-state index contributed by atoms with van der Waals surface area (Å²) in [6.45, 7) is 4.86. The number of nitrogens with one attached hydrogen (secondary N) is 1. The summed E-state index contributed by atoms with van der Waals surface area (Å²) in [5.41, 5.74) is 0. The molecular weight excluding hydrogens is 174 g/mol. The first-order chi connectivity index (χ1) is 6.74. The van der Waals surface area contributed by atoms with Gasteiger partial charge in [-0.05, 0) is 32.1 Å². The van der Waals surface area contributed by atoms with Crippen molar-refractivity contribution in [1.29, 1.82) is 0 Å². The molecule has 1 fully saturated rings. The SMILES string of the molecule is CCCCC1CCCC1NC[C@@H](C)O. The van der Waals surface area contributed by atoms with Crippen LogP contribution in [0.1, 0.15) is 52.4 Å². The second kappa shape index (κ2) is 6.41. The van der Waals surface area contributed by atoms with Crippen molar-refractivity contribution in [3.8, 4) is 0 Å². The van der Waals surface area contributed by atoms with Gasteiger partial charge in [-0.2, -0.15) is 0 Å². The Kier molecular flexibility index (Phi) is 5.49. The van der Waals surface area contributed by atoms with Crippen LogP contribution in [0.3, 0.4) is 0 Å². The molecular formula is C12H25NO. The largest absolute Gasteiger partial charge is 0.392 e. The summed E-state index contributed by atoms with van der Waals surface area (Å²) >= 11 is 0. The van der Waals surface area contributed by atoms with Gasteiger partial charge in [0.1, 0.15) is 0 Å². The zero-order valence-electron chi connectivity index (χ0n) is 9.63. The van der Waals surface area contributed by atoms with E-state index in [-0.39, 0.29) is 6.10 Å². The van der Waals surface area contributed by atoms with E-state index in [1.54, 1.807) is 0 Å². The Balaban J connectivity index is 2.21. The van der Waals surface area contributed by atoms with Gasteiger partial charge in [0.2, 0.25) is 0 Å². The first kappa shape index (κ1) is 12.0. The molecule has 2 heteroatoms. The van der Waals surface area contributed by atoms with E-state index < -0.39 is 0 Å². The second-order valence-electron chi connectivity index (χ2n) is 4.70. The third kappa shape index (κ3) is 3.97. The Morgan fingerprint density at radius 2 is 2.21 bits per heavy atom. The monoisotopic (exact) mass is 199 g/mol. The van der Waals surface area contributed by atoms with Crippen molar-refractivity contribution in [2.24, 2.45) is 5.92 Å². The predicted molar refractivity (Wildman–Crippen MR) is 60.3 cm³/mol. The molecule has 0 aliphatic heterocycles. The van der Waals surface area contributed by atoms with Crippen LogP contribution in [0, 0.1) is 5.92 Å². The third-order valence-electron chi connectivity index (χ3n) is 3.26. The number of hydrogen-bond acceptors (Lipinski definition) is 2. The van der Waals surface area contributed by atoms with Crippen molar-refractivity contribution >= 4 is 0 Å². The molecule has 0 radical (unpaired) electrons. The zero-order chi connectivity index (χ0) is 10.4. The summed E-state index contributed by atoms with van der Waals surface area (Å²) in [5, 5.41) is 12.7. The smallest absolute Gasteiger partial charge is 0.0636 e. The van der Waals surface area contributed by atoms with Gasteiger partial charge in [0.05, 0.1) is 6.10 Å². The number of aliphatic hydroxyl groups is 1. The van der Waals surface area contributed by atoms with Gasteiger partial charge in [-0.3, -0.25) is 0 Å². The van der Waals surface area contributed by atoms with Gasteiger partial charge in [0.15, 0.2) is 0 Å². The highest BCUT2D eigenvalue weighted by molar-refractivity contribution is 4.83. The molecule has 1 aliphatic rings. The molecule has 2 nitrogen and oxygen atoms in total. The molecule has 0 aromatic carbocycles. The first-order valence-corrected chi connectivity index (χ1v) is 6.15. The van der Waals surface area contributed by atoms with Crippen LogP contribution in [0.5, 0.6) is 0 Å². The van der Waals surface area contributed by atoms with Crippen molar-refractivity contribution in [2.75, 3.05) is 6.54 Å². The summed E-state index contributed by atoms with van der Waals surface area (Å²) in [5.74, 6) is 0.869. The molecule has 14 heavy (non-hydrogen) atoms. The lowest BCUT2D eigenvalue weighted by Gasteiger charge is -2.21. The van der Waals surface area contributed by atoms with E-state index >= 15 is 0 Å². The molecule has 2 unspecified atom stereocenters. The lowest BCUT2D eigenvalue weighted by Crippen LogP contribution is -2.36. The van der Waals surface area contributed by atoms with E-state index in [0.29, 0.717) is 6.04 Å². The Morgan fingerprint density at radius 1 is 1.43 bits per heavy atom. The van der Waals surface area contributed by atoms with Crippen molar-refractivity contribution in [3.05, 3.63) is 0 Å². The number of aliphatic hydroxyl groups excluding tert-OH is 1. The highest BCUT2D eigenvalue weighted by Gasteiger charge is 2.25. The van der Waals surface area contributed by atoms with Gasteiger partial charge >= 0.3 is 0 Å². The second-order valence-corrected chi connectivity index (χ2v) is 4.70. The van der Waals surface area contributed by atoms with E-state index in [1.807, 2.05) is 6.92 Å². The lowest BCUT2D eigenvalue weighted by molar-refractivity contribution is 0.181. The standard InChI is InChI=1S/C12H25NO/c1-3-4-6-11-7-5-8-12(11)13-9-10(2)14/h10-14H,3-9H2,1-2H3/t10-,11?,12?/m1/s1. The van der Waals surface area contributed by atoms with Crippen LogP contribution in [0.2, 0.25) is 0 Å². The molecule has 0 aromatic rings. The van der Waals surface area contributed by atoms with Crippen LogP contribution in [0.15, 0.2) is 0 Å². The Morgan fingerprint density at radius 3 is 2.86 bits per heavy atom. The Bertz CT molecular complexity index is 147. The molecule has 1 rings (SSSR count). The minimum atomic E-state index is -0.206. The fourth-order valence-electron chi connectivity index (χ4n) is 2.44. The van der Waals surface area contributed by atoms with Crippen molar-refractivity contribution < 1.29 is 5.11 Å². The first-order valence-electron chi connectivity index (χ1n) is 6.15. The average molecular weight is 199 g/mol. The molecule has 0 aromatic heterocycles. The van der Waals surface area contributed by atoms with E-state index in [0.717, 1.165) is 12.5 Å². The minimum Gasteiger partial charge on any atom is -0.392 e. The summed E-state index contributed by atoms with van der Waals surface area (Å²) in [6, 6.07) is 0.677. The normalized spacial score (nSPS) is 29.4. The molecule has 0 spiro atoms. The quantitative estimate of drug-likeness (QED) is 0.688. The van der Waals surface area contributed by atoms with Gasteiger partial charge < -0.3 is 10.4 Å². The molecule has 1 saturated carbocycles. The van der Waals surface area contributed by atoms with Crippen LogP contribution in [0.25, 0.3) is 0 Å². The minimum absolute atomic E-state index is 0.206. The summed E-state index contributed by atoms with van der Waals surface area (Å²) in [6.07, 6.45) is 7.89. The average Bonchev–Trinajstić information content (AvgIpc) is 2.58. The van der Waals surface area contributed by atoms with Crippen LogP contribution in [-0.4, -0.2) is 23.8 Å².